The molecule has 1 unspecified atom stereocenters. The van der Waals surface area contributed by atoms with Gasteiger partial charge in [-0.1, -0.05) is 13.0 Å². The van der Waals surface area contributed by atoms with Crippen LogP contribution in [0.25, 0.3) is 0 Å². The van der Waals surface area contributed by atoms with Crippen molar-refractivity contribution in [3.05, 3.63) is 40.1 Å². The summed E-state index contributed by atoms with van der Waals surface area (Å²) in [6.07, 6.45) is 0.737. The first-order chi connectivity index (χ1) is 13.6. The number of hydrogen-bond donors (Lipinski definition) is 2. The van der Waals surface area contributed by atoms with Crippen molar-refractivity contribution in [2.75, 3.05) is 41.0 Å². The van der Waals surface area contributed by atoms with E-state index < -0.39 is 0 Å². The van der Waals surface area contributed by atoms with Gasteiger partial charge in [0.15, 0.2) is 5.96 Å². The highest BCUT2D eigenvalue weighted by Crippen LogP contribution is 2.34. The molecular weight excluding hydrogens is 501 g/mol. The predicted octanol–water partition coefficient (Wildman–Crippen LogP) is 4.29. The number of rotatable bonds is 10. The Morgan fingerprint density at radius 3 is 2.31 bits per heavy atom. The maximum atomic E-state index is 5.52. The van der Waals surface area contributed by atoms with Crippen LogP contribution in [0.2, 0.25) is 0 Å². The molecule has 1 atom stereocenters. The van der Waals surface area contributed by atoms with Gasteiger partial charge in [-0.25, -0.2) is 0 Å². The number of benzene rings is 1. The summed E-state index contributed by atoms with van der Waals surface area (Å²) in [6.45, 7) is 6.53. The third kappa shape index (κ3) is 7.58. The Balaban J connectivity index is 0.00000420. The summed E-state index contributed by atoms with van der Waals surface area (Å²) in [7, 11) is 4.94. The van der Waals surface area contributed by atoms with Gasteiger partial charge in [-0.05, 0) is 24.8 Å². The van der Waals surface area contributed by atoms with Gasteiger partial charge in [0.2, 0.25) is 0 Å². The van der Waals surface area contributed by atoms with Crippen LogP contribution < -0.4 is 24.8 Å². The highest BCUT2D eigenvalue weighted by molar-refractivity contribution is 14.0. The lowest BCUT2D eigenvalue weighted by atomic mass is 10.1. The summed E-state index contributed by atoms with van der Waals surface area (Å²) >= 11 is 1.77. The molecular formula is C21H32IN3O3S. The van der Waals surface area contributed by atoms with E-state index in [0.29, 0.717) is 18.2 Å². The fraction of sp³-hybridized carbons (Fsp3) is 0.476. The molecule has 2 N–H and O–H groups in total. The van der Waals surface area contributed by atoms with E-state index in [1.54, 1.807) is 32.7 Å². The Kier molecular flexibility index (Phi) is 11.8. The number of aliphatic imine (C=N–C) groups is 1. The minimum absolute atomic E-state index is 0. The standard InChI is InChI=1S/C21H31N3O3S.HI/c1-6-22-21(24-14-15(2)20-8-7-11-28-20)23-10-9-17-18(26-4)12-16(25-3)13-19(17)27-5;/h7-8,11-13,15H,6,9-10,14H2,1-5H3,(H2,22,23,24);1H. The lowest BCUT2D eigenvalue weighted by Crippen LogP contribution is -2.38. The second-order valence-corrected chi connectivity index (χ2v) is 7.30. The first-order valence-corrected chi connectivity index (χ1v) is 10.3. The van der Waals surface area contributed by atoms with Crippen LogP contribution in [-0.2, 0) is 6.42 Å². The molecule has 0 aliphatic carbocycles. The van der Waals surface area contributed by atoms with Gasteiger partial charge in [0.25, 0.3) is 0 Å². The molecule has 0 aliphatic heterocycles. The van der Waals surface area contributed by atoms with Crippen LogP contribution in [0.4, 0.5) is 0 Å². The maximum Gasteiger partial charge on any atom is 0.191 e. The highest BCUT2D eigenvalue weighted by Gasteiger charge is 2.13. The molecule has 8 heteroatoms. The zero-order valence-electron chi connectivity index (χ0n) is 17.8. The van der Waals surface area contributed by atoms with Crippen LogP contribution >= 0.6 is 35.3 Å². The quantitative estimate of drug-likeness (QED) is 0.271. The molecule has 29 heavy (non-hydrogen) atoms. The van der Waals surface area contributed by atoms with E-state index in [1.807, 2.05) is 12.1 Å². The minimum atomic E-state index is 0. The first-order valence-electron chi connectivity index (χ1n) is 9.47. The molecule has 6 nitrogen and oxygen atoms in total. The summed E-state index contributed by atoms with van der Waals surface area (Å²) in [4.78, 5) is 6.09. The molecule has 1 aromatic carbocycles. The van der Waals surface area contributed by atoms with E-state index in [9.17, 15) is 0 Å². The van der Waals surface area contributed by atoms with E-state index in [1.165, 1.54) is 4.88 Å². The van der Waals surface area contributed by atoms with Crippen molar-refractivity contribution >= 4 is 41.3 Å². The Morgan fingerprint density at radius 1 is 1.10 bits per heavy atom. The van der Waals surface area contributed by atoms with E-state index in [0.717, 1.165) is 42.5 Å². The van der Waals surface area contributed by atoms with Crippen molar-refractivity contribution in [3.8, 4) is 17.2 Å². The SMILES string of the molecule is CCNC(=NCC(C)c1cccs1)NCCc1c(OC)cc(OC)cc1OC.I. The molecule has 0 fully saturated rings. The first kappa shape index (κ1) is 25.4. The number of nitrogens with zero attached hydrogens (tertiary/aromatic N) is 1. The summed E-state index contributed by atoms with van der Waals surface area (Å²) in [5.74, 6) is 3.44. The van der Waals surface area contributed by atoms with E-state index in [2.05, 4.69) is 42.0 Å². The molecule has 0 radical (unpaired) electrons. The third-order valence-corrected chi connectivity index (χ3v) is 5.48. The van der Waals surface area contributed by atoms with Crippen LogP contribution in [0.15, 0.2) is 34.6 Å². The molecule has 1 aromatic heterocycles. The molecule has 0 saturated carbocycles. The molecule has 0 saturated heterocycles. The van der Waals surface area contributed by atoms with Crippen molar-refractivity contribution in [2.45, 2.75) is 26.2 Å². The van der Waals surface area contributed by atoms with Crippen LogP contribution in [0.3, 0.4) is 0 Å². The van der Waals surface area contributed by atoms with E-state index in [4.69, 9.17) is 19.2 Å². The number of methoxy groups -OCH3 is 3. The average Bonchev–Trinajstić information content (AvgIpc) is 3.26. The van der Waals surface area contributed by atoms with Gasteiger partial charge in [-0.2, -0.15) is 0 Å². The maximum absolute atomic E-state index is 5.52. The number of hydrogen-bond acceptors (Lipinski definition) is 5. The number of ether oxygens (including phenoxy) is 3. The van der Waals surface area contributed by atoms with Crippen LogP contribution in [-0.4, -0.2) is 46.9 Å². The van der Waals surface area contributed by atoms with Crippen molar-refractivity contribution in [1.29, 1.82) is 0 Å². The second-order valence-electron chi connectivity index (χ2n) is 6.32. The number of guanidine groups is 1. The molecule has 2 aromatic rings. The number of thiophene rings is 1. The summed E-state index contributed by atoms with van der Waals surface area (Å²) < 4.78 is 16.4. The van der Waals surface area contributed by atoms with Crippen molar-refractivity contribution in [1.82, 2.24) is 10.6 Å². The normalized spacial score (nSPS) is 12.0. The van der Waals surface area contributed by atoms with Crippen molar-refractivity contribution < 1.29 is 14.2 Å². The topological polar surface area (TPSA) is 64.1 Å². The summed E-state index contributed by atoms with van der Waals surface area (Å²) in [5.41, 5.74) is 1.00. The average molecular weight is 533 g/mol. The Hall–Kier alpha value is -1.68. The molecule has 2 rings (SSSR count). The largest absolute Gasteiger partial charge is 0.496 e. The highest BCUT2D eigenvalue weighted by atomic mass is 127. The zero-order chi connectivity index (χ0) is 20.4. The minimum Gasteiger partial charge on any atom is -0.496 e. The van der Waals surface area contributed by atoms with Gasteiger partial charge in [-0.15, -0.1) is 35.3 Å². The molecule has 0 amide bonds. The molecule has 162 valence electrons. The second kappa shape index (κ2) is 13.5. The van der Waals surface area contributed by atoms with E-state index in [-0.39, 0.29) is 24.0 Å². The van der Waals surface area contributed by atoms with Gasteiger partial charge < -0.3 is 24.8 Å². The van der Waals surface area contributed by atoms with Crippen molar-refractivity contribution in [3.63, 3.8) is 0 Å². The summed E-state index contributed by atoms with van der Waals surface area (Å²) in [6, 6.07) is 7.99. The zero-order valence-corrected chi connectivity index (χ0v) is 20.9. The van der Waals surface area contributed by atoms with Gasteiger partial charge in [-0.3, -0.25) is 4.99 Å². The van der Waals surface area contributed by atoms with E-state index >= 15 is 0 Å². The Morgan fingerprint density at radius 2 is 1.79 bits per heavy atom. The van der Waals surface area contributed by atoms with Gasteiger partial charge in [0.05, 0.1) is 27.9 Å². The van der Waals surface area contributed by atoms with Crippen LogP contribution in [0.5, 0.6) is 17.2 Å². The Bertz CT molecular complexity index is 729. The number of nitrogens with one attached hydrogen (secondary N) is 2. The third-order valence-electron chi connectivity index (χ3n) is 4.38. The monoisotopic (exact) mass is 533 g/mol. The lowest BCUT2D eigenvalue weighted by molar-refractivity contribution is 0.368. The lowest BCUT2D eigenvalue weighted by Gasteiger charge is -2.17. The van der Waals surface area contributed by atoms with Crippen LogP contribution in [0, 0.1) is 0 Å². The predicted molar refractivity (Wildman–Crippen MR) is 132 cm³/mol. The summed E-state index contributed by atoms with van der Waals surface area (Å²) in [5, 5.41) is 8.81. The molecule has 0 bridgehead atoms. The van der Waals surface area contributed by atoms with Gasteiger partial charge >= 0.3 is 0 Å². The molecule has 0 aliphatic rings. The number of halogens is 1. The smallest absolute Gasteiger partial charge is 0.191 e. The van der Waals surface area contributed by atoms with Gasteiger partial charge in [0, 0.05) is 41.6 Å². The fourth-order valence-electron chi connectivity index (χ4n) is 2.86. The molecule has 1 heterocycles. The van der Waals surface area contributed by atoms with Crippen molar-refractivity contribution in [2.24, 2.45) is 4.99 Å². The fourth-order valence-corrected chi connectivity index (χ4v) is 3.64. The van der Waals surface area contributed by atoms with Gasteiger partial charge in [0.1, 0.15) is 17.2 Å². The Labute approximate surface area is 195 Å². The van der Waals surface area contributed by atoms with Crippen LogP contribution in [0.1, 0.15) is 30.2 Å². The molecule has 0 spiro atoms.